The van der Waals surface area contributed by atoms with Crippen molar-refractivity contribution in [2.75, 3.05) is 26.3 Å². The van der Waals surface area contributed by atoms with Crippen LogP contribution in [0.2, 0.25) is 0 Å². The Hall–Kier alpha value is -7.89. The Morgan fingerprint density at radius 2 is 1.00 bits per heavy atom. The van der Waals surface area contributed by atoms with E-state index >= 15 is 0 Å². The molecule has 8 aromatic carbocycles. The Balaban J connectivity index is 1.12. The number of hydrogen-bond acceptors (Lipinski definition) is 5. The molecule has 0 radical (unpaired) electrons. The molecule has 5 heteroatoms. The van der Waals surface area contributed by atoms with Gasteiger partial charge in [-0.1, -0.05) is 169 Å². The number of rotatable bonds is 7. The molecule has 2 aliphatic heterocycles. The zero-order valence-corrected chi connectivity index (χ0v) is 39.2. The predicted molar refractivity (Wildman–Crippen MR) is 283 cm³/mol. The molecule has 1 aromatic heterocycles. The summed E-state index contributed by atoms with van der Waals surface area (Å²) in [5, 5.41) is 0. The van der Waals surface area contributed by atoms with Crippen LogP contribution in [0.1, 0.15) is 52.7 Å². The molecular weight excluding hydrogens is 815 g/mol. The molecular formula is C62H55N5. The van der Waals surface area contributed by atoms with Crippen molar-refractivity contribution in [2.24, 2.45) is 0 Å². The van der Waals surface area contributed by atoms with Crippen molar-refractivity contribution in [1.82, 2.24) is 4.98 Å². The quantitative estimate of drug-likeness (QED) is 0.159. The van der Waals surface area contributed by atoms with Gasteiger partial charge in [-0.25, -0.2) is 4.98 Å². The number of aromatic nitrogens is 1. The molecule has 0 N–H and O–H groups in total. The largest absolute Gasteiger partial charge is 0.321 e. The highest BCUT2D eigenvalue weighted by atomic mass is 15.4. The summed E-state index contributed by atoms with van der Waals surface area (Å²) in [4.78, 5) is 14.8. The van der Waals surface area contributed by atoms with Crippen LogP contribution >= 0.6 is 0 Å². The van der Waals surface area contributed by atoms with Crippen LogP contribution < -0.4 is 19.6 Å². The second-order valence-corrected chi connectivity index (χ2v) is 19.8. The molecule has 5 nitrogen and oxygen atoms in total. The number of hydrogen-bond donors (Lipinski definition) is 0. The molecule has 0 fully saturated rings. The third kappa shape index (κ3) is 7.60. The Morgan fingerprint density at radius 3 is 1.67 bits per heavy atom. The molecule has 0 aliphatic carbocycles. The molecule has 0 unspecified atom stereocenters. The molecule has 0 saturated heterocycles. The van der Waals surface area contributed by atoms with Gasteiger partial charge in [-0.05, 0) is 123 Å². The van der Waals surface area contributed by atoms with Gasteiger partial charge in [0.05, 0.1) is 22.7 Å². The first-order chi connectivity index (χ1) is 32.5. The average molecular weight is 870 g/mol. The van der Waals surface area contributed by atoms with E-state index in [-0.39, 0.29) is 10.8 Å². The van der Waals surface area contributed by atoms with Gasteiger partial charge < -0.3 is 14.7 Å². The standard InChI is InChI=1S/C62H55N5/c1-61(2,3)45-38-48(64-42-65(57-30-18-17-29-56(57)64)55-28-16-15-27-54(55)62(4,5)6)40-49(39-45)66(46-23-11-8-12-24-46)47-33-35-53-51-26-14-13-25-50(51)52-34-32-44(43-21-9-7-10-22-43)37-58(52)67(59(53)41-47)60-31-19-20-36-63-60/h7-41H,42H2,1-6H3. The van der Waals surface area contributed by atoms with Crippen molar-refractivity contribution < 1.29 is 0 Å². The summed E-state index contributed by atoms with van der Waals surface area (Å²) >= 11 is 0. The van der Waals surface area contributed by atoms with Crippen molar-refractivity contribution in [3.8, 4) is 33.4 Å². The lowest BCUT2D eigenvalue weighted by Crippen LogP contribution is -2.27. The summed E-state index contributed by atoms with van der Waals surface area (Å²) in [5.41, 5.74) is 19.6. The van der Waals surface area contributed by atoms with E-state index in [4.69, 9.17) is 4.98 Å². The zero-order chi connectivity index (χ0) is 45.9. The number of anilines is 10. The fraction of sp³-hybridized carbons (Fsp3) is 0.145. The Kier molecular flexibility index (Phi) is 10.3. The molecule has 3 heterocycles. The molecule has 0 spiro atoms. The van der Waals surface area contributed by atoms with Crippen molar-refractivity contribution >= 4 is 57.0 Å². The maximum Gasteiger partial charge on any atom is 0.137 e. The van der Waals surface area contributed by atoms with Gasteiger partial charge in [-0.15, -0.1) is 0 Å². The van der Waals surface area contributed by atoms with E-state index in [2.05, 4.69) is 261 Å². The zero-order valence-electron chi connectivity index (χ0n) is 39.2. The van der Waals surface area contributed by atoms with Gasteiger partial charge in [-0.2, -0.15) is 0 Å². The maximum absolute atomic E-state index is 5.06. The van der Waals surface area contributed by atoms with E-state index in [1.165, 1.54) is 44.9 Å². The number of fused-ring (bicyclic) bond motifs is 6. The summed E-state index contributed by atoms with van der Waals surface area (Å²) in [7, 11) is 0. The first-order valence-electron chi connectivity index (χ1n) is 23.4. The fourth-order valence-corrected chi connectivity index (χ4v) is 9.96. The summed E-state index contributed by atoms with van der Waals surface area (Å²) in [6.45, 7) is 14.6. The third-order valence-electron chi connectivity index (χ3n) is 13.3. The molecule has 0 saturated carbocycles. The first-order valence-corrected chi connectivity index (χ1v) is 23.4. The minimum atomic E-state index is -0.141. The van der Waals surface area contributed by atoms with Crippen molar-refractivity contribution in [3.63, 3.8) is 0 Å². The van der Waals surface area contributed by atoms with Crippen molar-refractivity contribution in [1.29, 1.82) is 0 Å². The Morgan fingerprint density at radius 1 is 0.403 bits per heavy atom. The van der Waals surface area contributed by atoms with Gasteiger partial charge in [0, 0.05) is 45.8 Å². The number of nitrogens with zero attached hydrogens (tertiary/aromatic N) is 5. The molecule has 328 valence electrons. The Bertz CT molecular complexity index is 3260. The van der Waals surface area contributed by atoms with E-state index in [0.29, 0.717) is 6.67 Å². The summed E-state index contributed by atoms with van der Waals surface area (Å²) < 4.78 is 0. The molecule has 2 aliphatic rings. The maximum atomic E-state index is 5.06. The van der Waals surface area contributed by atoms with Crippen LogP contribution in [-0.2, 0) is 10.8 Å². The van der Waals surface area contributed by atoms with Crippen LogP contribution in [-0.4, -0.2) is 11.7 Å². The lowest BCUT2D eigenvalue weighted by atomic mass is 9.85. The number of pyridine rings is 1. The topological polar surface area (TPSA) is 25.9 Å². The summed E-state index contributed by atoms with van der Waals surface area (Å²) in [6.07, 6.45) is 1.90. The van der Waals surface area contributed by atoms with Crippen molar-refractivity contribution in [2.45, 2.75) is 52.4 Å². The van der Waals surface area contributed by atoms with Crippen LogP contribution in [0.5, 0.6) is 0 Å². The normalized spacial score (nSPS) is 13.1. The fourth-order valence-electron chi connectivity index (χ4n) is 9.96. The third-order valence-corrected chi connectivity index (χ3v) is 13.3. The van der Waals surface area contributed by atoms with Gasteiger partial charge in [0.1, 0.15) is 12.5 Å². The molecule has 11 rings (SSSR count). The van der Waals surface area contributed by atoms with Crippen molar-refractivity contribution in [3.05, 3.63) is 224 Å². The first kappa shape index (κ1) is 41.8. The van der Waals surface area contributed by atoms with Gasteiger partial charge in [0.25, 0.3) is 0 Å². The molecule has 9 aromatic rings. The van der Waals surface area contributed by atoms with Gasteiger partial charge in [0.2, 0.25) is 0 Å². The van der Waals surface area contributed by atoms with Crippen LogP contribution in [0.15, 0.2) is 212 Å². The SMILES string of the molecule is CC(C)(C)c1cc(N2CN(c3ccccc3C(C)(C)C)c3ccccc32)cc(N(c2ccccc2)c2ccc3c(c2)N(c2ccccn2)c2cc(-c4ccccc4)ccc2-c2ccccc2-3)c1. The molecule has 0 amide bonds. The predicted octanol–water partition coefficient (Wildman–Crippen LogP) is 17.2. The monoisotopic (exact) mass is 869 g/mol. The smallest absolute Gasteiger partial charge is 0.137 e. The molecule has 0 atom stereocenters. The lowest BCUT2D eigenvalue weighted by molar-refractivity contribution is 0.589. The lowest BCUT2D eigenvalue weighted by Gasteiger charge is -2.32. The van der Waals surface area contributed by atoms with E-state index in [9.17, 15) is 0 Å². The second kappa shape index (κ2) is 16.5. The summed E-state index contributed by atoms with van der Waals surface area (Å²) in [6, 6.07) is 75.3. The highest BCUT2D eigenvalue weighted by Crippen LogP contribution is 2.54. The van der Waals surface area contributed by atoms with E-state index in [1.54, 1.807) is 0 Å². The van der Waals surface area contributed by atoms with E-state index < -0.39 is 0 Å². The summed E-state index contributed by atoms with van der Waals surface area (Å²) in [5.74, 6) is 0.855. The average Bonchev–Trinajstić information content (AvgIpc) is 3.69. The van der Waals surface area contributed by atoms with Crippen LogP contribution in [0.25, 0.3) is 33.4 Å². The minimum Gasteiger partial charge on any atom is -0.321 e. The van der Waals surface area contributed by atoms with Gasteiger partial charge in [0.15, 0.2) is 0 Å². The second-order valence-electron chi connectivity index (χ2n) is 19.8. The highest BCUT2D eigenvalue weighted by Gasteiger charge is 2.33. The molecule has 67 heavy (non-hydrogen) atoms. The van der Waals surface area contributed by atoms with Crippen LogP contribution in [0.4, 0.5) is 57.0 Å². The van der Waals surface area contributed by atoms with Crippen LogP contribution in [0, 0.1) is 0 Å². The molecule has 0 bridgehead atoms. The highest BCUT2D eigenvalue weighted by molar-refractivity contribution is 6.04. The van der Waals surface area contributed by atoms with E-state index in [1.807, 2.05) is 12.3 Å². The van der Waals surface area contributed by atoms with E-state index in [0.717, 1.165) is 56.6 Å². The van der Waals surface area contributed by atoms with Gasteiger partial charge in [-0.3, -0.25) is 4.90 Å². The van der Waals surface area contributed by atoms with Crippen LogP contribution in [0.3, 0.4) is 0 Å². The number of para-hydroxylation sites is 4. The Labute approximate surface area is 395 Å². The van der Waals surface area contributed by atoms with Gasteiger partial charge >= 0.3 is 0 Å². The number of benzene rings is 8. The minimum absolute atomic E-state index is 0.0250.